The zero-order valence-electron chi connectivity index (χ0n) is 11.4. The highest BCUT2D eigenvalue weighted by Crippen LogP contribution is 2.28. The van der Waals surface area contributed by atoms with E-state index in [1.54, 1.807) is 36.8 Å². The standard InChI is InChI=1S/C13H14BrNO4S2/c1-18-10-3-4-12(19-2)9(7-10)8-15-21(16,17)13-11(14)5-6-20-13/h3-7,15H,8H2,1-2H3. The Balaban J connectivity index is 2.21. The summed E-state index contributed by atoms with van der Waals surface area (Å²) in [6.45, 7) is 0.118. The van der Waals surface area contributed by atoms with Crippen LogP contribution in [-0.4, -0.2) is 22.6 Å². The van der Waals surface area contributed by atoms with Crippen molar-refractivity contribution in [2.24, 2.45) is 0 Å². The minimum Gasteiger partial charge on any atom is -0.497 e. The minimum absolute atomic E-state index is 0.118. The molecule has 0 aliphatic heterocycles. The summed E-state index contributed by atoms with van der Waals surface area (Å²) >= 11 is 4.38. The molecule has 1 heterocycles. The SMILES string of the molecule is COc1ccc(OC)c(CNS(=O)(=O)c2sccc2Br)c1. The molecule has 21 heavy (non-hydrogen) atoms. The van der Waals surface area contributed by atoms with Crippen molar-refractivity contribution in [2.75, 3.05) is 14.2 Å². The van der Waals surface area contributed by atoms with Crippen LogP contribution in [0.1, 0.15) is 5.56 Å². The van der Waals surface area contributed by atoms with Gasteiger partial charge in [0.15, 0.2) is 0 Å². The Morgan fingerprint density at radius 1 is 1.24 bits per heavy atom. The Morgan fingerprint density at radius 3 is 2.57 bits per heavy atom. The fraction of sp³-hybridized carbons (Fsp3) is 0.231. The Hall–Kier alpha value is -1.09. The molecular weight excluding hydrogens is 378 g/mol. The number of sulfonamides is 1. The van der Waals surface area contributed by atoms with Crippen LogP contribution in [0.4, 0.5) is 0 Å². The first kappa shape index (κ1) is 16.3. The first-order chi connectivity index (χ1) is 9.97. The van der Waals surface area contributed by atoms with Gasteiger partial charge in [-0.3, -0.25) is 0 Å². The molecule has 0 saturated heterocycles. The summed E-state index contributed by atoms with van der Waals surface area (Å²) in [5, 5.41) is 1.71. The number of nitrogens with one attached hydrogen (secondary N) is 1. The molecule has 0 amide bonds. The summed E-state index contributed by atoms with van der Waals surface area (Å²) in [6.07, 6.45) is 0. The van der Waals surface area contributed by atoms with Gasteiger partial charge in [0, 0.05) is 16.6 Å². The van der Waals surface area contributed by atoms with E-state index in [1.807, 2.05) is 0 Å². The van der Waals surface area contributed by atoms with Gasteiger partial charge in [0.25, 0.3) is 10.0 Å². The monoisotopic (exact) mass is 391 g/mol. The Bertz CT molecular complexity index is 728. The lowest BCUT2D eigenvalue weighted by molar-refractivity contribution is 0.398. The van der Waals surface area contributed by atoms with E-state index in [1.165, 1.54) is 7.11 Å². The second-order valence-electron chi connectivity index (χ2n) is 4.06. The van der Waals surface area contributed by atoms with Crippen molar-refractivity contribution < 1.29 is 17.9 Å². The van der Waals surface area contributed by atoms with Crippen molar-refractivity contribution in [3.63, 3.8) is 0 Å². The predicted octanol–water partition coefficient (Wildman–Crippen LogP) is 3.01. The largest absolute Gasteiger partial charge is 0.497 e. The van der Waals surface area contributed by atoms with Crippen molar-refractivity contribution in [2.45, 2.75) is 10.8 Å². The van der Waals surface area contributed by atoms with E-state index < -0.39 is 10.0 Å². The first-order valence-electron chi connectivity index (χ1n) is 5.91. The zero-order chi connectivity index (χ0) is 15.5. The first-order valence-corrected chi connectivity index (χ1v) is 9.07. The molecule has 0 radical (unpaired) electrons. The summed E-state index contributed by atoms with van der Waals surface area (Å²) in [6, 6.07) is 6.94. The molecule has 2 rings (SSSR count). The fourth-order valence-corrected chi connectivity index (χ4v) is 5.12. The van der Waals surface area contributed by atoms with E-state index in [4.69, 9.17) is 9.47 Å². The van der Waals surface area contributed by atoms with Gasteiger partial charge in [0.05, 0.1) is 14.2 Å². The molecule has 0 bridgehead atoms. The second-order valence-corrected chi connectivity index (χ2v) is 7.79. The normalized spacial score (nSPS) is 11.4. The van der Waals surface area contributed by atoms with Crippen molar-refractivity contribution >= 4 is 37.3 Å². The van der Waals surface area contributed by atoms with E-state index in [2.05, 4.69) is 20.7 Å². The molecular formula is C13H14BrNO4S2. The maximum Gasteiger partial charge on any atom is 0.251 e. The lowest BCUT2D eigenvalue weighted by Gasteiger charge is -2.11. The van der Waals surface area contributed by atoms with Crippen LogP contribution in [0.25, 0.3) is 0 Å². The van der Waals surface area contributed by atoms with Crippen molar-refractivity contribution in [3.8, 4) is 11.5 Å². The van der Waals surface area contributed by atoms with Crippen LogP contribution in [-0.2, 0) is 16.6 Å². The van der Waals surface area contributed by atoms with Crippen LogP contribution in [0.2, 0.25) is 0 Å². The van der Waals surface area contributed by atoms with Gasteiger partial charge in [0.2, 0.25) is 0 Å². The highest BCUT2D eigenvalue weighted by Gasteiger charge is 2.19. The molecule has 1 aromatic heterocycles. The molecule has 0 unspecified atom stereocenters. The lowest BCUT2D eigenvalue weighted by Crippen LogP contribution is -2.23. The zero-order valence-corrected chi connectivity index (χ0v) is 14.6. The molecule has 0 spiro atoms. The number of halogens is 1. The Kier molecular flexibility index (Phi) is 5.26. The van der Waals surface area contributed by atoms with E-state index >= 15 is 0 Å². The van der Waals surface area contributed by atoms with Crippen LogP contribution in [0.3, 0.4) is 0 Å². The van der Waals surface area contributed by atoms with E-state index in [9.17, 15) is 8.42 Å². The fourth-order valence-electron chi connectivity index (χ4n) is 1.73. The second kappa shape index (κ2) is 6.78. The molecule has 2 aromatic rings. The van der Waals surface area contributed by atoms with Crippen LogP contribution in [0.15, 0.2) is 38.3 Å². The predicted molar refractivity (Wildman–Crippen MR) is 85.6 cm³/mol. The molecule has 1 N–H and O–H groups in total. The van der Waals surface area contributed by atoms with Crippen molar-refractivity contribution in [1.82, 2.24) is 4.72 Å². The number of rotatable bonds is 6. The average molecular weight is 392 g/mol. The third kappa shape index (κ3) is 3.76. The highest BCUT2D eigenvalue weighted by molar-refractivity contribution is 9.10. The average Bonchev–Trinajstić information content (AvgIpc) is 2.92. The van der Waals surface area contributed by atoms with Crippen molar-refractivity contribution in [1.29, 1.82) is 0 Å². The van der Waals surface area contributed by atoms with Gasteiger partial charge in [-0.1, -0.05) is 0 Å². The smallest absolute Gasteiger partial charge is 0.251 e. The number of thiophene rings is 1. The quantitative estimate of drug-likeness (QED) is 0.821. The maximum atomic E-state index is 12.2. The molecule has 0 atom stereocenters. The van der Waals surface area contributed by atoms with Gasteiger partial charge in [-0.05, 0) is 45.6 Å². The van der Waals surface area contributed by atoms with Crippen LogP contribution < -0.4 is 14.2 Å². The third-order valence-electron chi connectivity index (χ3n) is 2.77. The number of hydrogen-bond donors (Lipinski definition) is 1. The number of hydrogen-bond acceptors (Lipinski definition) is 5. The molecule has 0 aliphatic carbocycles. The molecule has 5 nitrogen and oxygen atoms in total. The van der Waals surface area contributed by atoms with E-state index in [-0.39, 0.29) is 10.8 Å². The Labute approximate surface area is 136 Å². The van der Waals surface area contributed by atoms with E-state index in [0.717, 1.165) is 11.3 Å². The topological polar surface area (TPSA) is 64.6 Å². The molecule has 0 saturated carbocycles. The number of ether oxygens (including phenoxy) is 2. The van der Waals surface area contributed by atoms with Gasteiger partial charge in [-0.15, -0.1) is 11.3 Å². The molecule has 8 heteroatoms. The summed E-state index contributed by atoms with van der Waals surface area (Å²) < 4.78 is 38.2. The molecule has 1 aromatic carbocycles. The van der Waals surface area contributed by atoms with E-state index in [0.29, 0.717) is 21.5 Å². The maximum absolute atomic E-state index is 12.2. The minimum atomic E-state index is -3.57. The van der Waals surface area contributed by atoms with Crippen LogP contribution in [0, 0.1) is 0 Å². The van der Waals surface area contributed by atoms with Crippen LogP contribution >= 0.6 is 27.3 Å². The van der Waals surface area contributed by atoms with Gasteiger partial charge in [-0.2, -0.15) is 0 Å². The molecule has 0 aliphatic rings. The summed E-state index contributed by atoms with van der Waals surface area (Å²) in [5.41, 5.74) is 0.702. The van der Waals surface area contributed by atoms with Crippen LogP contribution in [0.5, 0.6) is 11.5 Å². The number of methoxy groups -OCH3 is 2. The Morgan fingerprint density at radius 2 is 2.00 bits per heavy atom. The third-order valence-corrected chi connectivity index (χ3v) is 6.84. The number of benzene rings is 1. The summed E-state index contributed by atoms with van der Waals surface area (Å²) in [5.74, 6) is 1.24. The summed E-state index contributed by atoms with van der Waals surface area (Å²) in [7, 11) is -0.474. The van der Waals surface area contributed by atoms with Gasteiger partial charge >= 0.3 is 0 Å². The highest BCUT2D eigenvalue weighted by atomic mass is 79.9. The molecule has 114 valence electrons. The van der Waals surface area contributed by atoms with Gasteiger partial charge in [0.1, 0.15) is 15.7 Å². The lowest BCUT2D eigenvalue weighted by atomic mass is 10.2. The molecule has 0 fully saturated rings. The van der Waals surface area contributed by atoms with Gasteiger partial charge < -0.3 is 9.47 Å². The summed E-state index contributed by atoms with van der Waals surface area (Å²) in [4.78, 5) is 0. The van der Waals surface area contributed by atoms with Gasteiger partial charge in [-0.25, -0.2) is 13.1 Å². The van der Waals surface area contributed by atoms with Crippen molar-refractivity contribution in [3.05, 3.63) is 39.7 Å².